The van der Waals surface area contributed by atoms with Crippen molar-refractivity contribution < 1.29 is 13.2 Å². The van der Waals surface area contributed by atoms with Crippen molar-refractivity contribution in [1.82, 2.24) is 10.2 Å². The molecular weight excluding hydrogens is 288 g/mol. The maximum absolute atomic E-state index is 12.6. The van der Waals surface area contributed by atoms with Gasteiger partial charge in [-0.3, -0.25) is 10.1 Å². The molecule has 2 aliphatic heterocycles. The minimum atomic E-state index is -2.88. The van der Waals surface area contributed by atoms with Gasteiger partial charge in [0.15, 0.2) is 9.84 Å². The van der Waals surface area contributed by atoms with E-state index in [0.717, 1.165) is 19.3 Å². The Morgan fingerprint density at radius 1 is 1.38 bits per heavy atom. The summed E-state index contributed by atoms with van der Waals surface area (Å²) < 4.78 is 23.2. The molecule has 21 heavy (non-hydrogen) atoms. The highest BCUT2D eigenvalue weighted by atomic mass is 32.2. The van der Waals surface area contributed by atoms with Gasteiger partial charge in [-0.05, 0) is 31.1 Å². The van der Waals surface area contributed by atoms with Crippen LogP contribution >= 0.6 is 0 Å². The summed E-state index contributed by atoms with van der Waals surface area (Å²) in [7, 11) is -2.88. The number of nitrogens with one attached hydrogen (secondary N) is 1. The Balaban J connectivity index is 2.04. The number of hydrogen-bond donors (Lipinski definition) is 1. The normalized spacial score (nSPS) is 32.3. The highest BCUT2D eigenvalue weighted by molar-refractivity contribution is 7.91. The minimum Gasteiger partial charge on any atom is -0.325 e. The average molecular weight is 316 g/mol. The van der Waals surface area contributed by atoms with E-state index in [2.05, 4.69) is 26.1 Å². The predicted octanol–water partition coefficient (Wildman–Crippen LogP) is 1.39. The first kappa shape index (κ1) is 16.7. The van der Waals surface area contributed by atoms with E-state index in [1.165, 1.54) is 0 Å². The van der Waals surface area contributed by atoms with Crippen LogP contribution in [0.25, 0.3) is 0 Å². The summed E-state index contributed by atoms with van der Waals surface area (Å²) in [5.41, 5.74) is 0. The van der Waals surface area contributed by atoms with Crippen LogP contribution in [0.3, 0.4) is 0 Å². The van der Waals surface area contributed by atoms with Gasteiger partial charge in [-0.1, -0.05) is 27.2 Å². The minimum absolute atomic E-state index is 0.0670. The molecule has 3 atom stereocenters. The summed E-state index contributed by atoms with van der Waals surface area (Å²) >= 11 is 0. The molecule has 1 N–H and O–H groups in total. The number of amides is 1. The lowest BCUT2D eigenvalue weighted by Gasteiger charge is -2.27. The molecule has 0 saturated carbocycles. The Morgan fingerprint density at radius 2 is 2.10 bits per heavy atom. The number of hydrogen-bond acceptors (Lipinski definition) is 4. The first-order valence-electron chi connectivity index (χ1n) is 8.09. The molecule has 2 rings (SSSR count). The summed E-state index contributed by atoms with van der Waals surface area (Å²) in [5.74, 6) is 1.29. The molecule has 6 heteroatoms. The largest absolute Gasteiger partial charge is 0.325 e. The second-order valence-electron chi connectivity index (χ2n) is 6.91. The molecule has 0 aliphatic carbocycles. The lowest BCUT2D eigenvalue weighted by molar-refractivity contribution is -0.130. The van der Waals surface area contributed by atoms with Crippen molar-refractivity contribution >= 4 is 15.7 Å². The zero-order valence-electron chi connectivity index (χ0n) is 13.3. The molecule has 0 aromatic heterocycles. The van der Waals surface area contributed by atoms with Crippen molar-refractivity contribution in [3.8, 4) is 0 Å². The number of carbonyl (C=O) groups is 1. The molecule has 2 heterocycles. The third kappa shape index (κ3) is 4.19. The molecule has 0 aromatic rings. The second kappa shape index (κ2) is 6.65. The second-order valence-corrected chi connectivity index (χ2v) is 9.14. The SMILES string of the molecule is CCCC1NC(CC(C)C)N(CC2CCS(=O)(=O)C2)C1=O. The Bertz CT molecular complexity index is 475. The van der Waals surface area contributed by atoms with Crippen LogP contribution < -0.4 is 5.32 Å². The summed E-state index contributed by atoms with van der Waals surface area (Å²) in [5, 5.41) is 3.44. The monoisotopic (exact) mass is 316 g/mol. The van der Waals surface area contributed by atoms with Crippen molar-refractivity contribution in [2.75, 3.05) is 18.1 Å². The Kier molecular flexibility index (Phi) is 5.30. The van der Waals surface area contributed by atoms with Gasteiger partial charge >= 0.3 is 0 Å². The van der Waals surface area contributed by atoms with Gasteiger partial charge in [-0.15, -0.1) is 0 Å². The van der Waals surface area contributed by atoms with Crippen molar-refractivity contribution in [3.05, 3.63) is 0 Å². The predicted molar refractivity (Wildman–Crippen MR) is 83.5 cm³/mol. The van der Waals surface area contributed by atoms with E-state index < -0.39 is 9.84 Å². The average Bonchev–Trinajstić information content (AvgIpc) is 2.84. The summed E-state index contributed by atoms with van der Waals surface area (Å²) in [6, 6.07) is -0.0863. The van der Waals surface area contributed by atoms with Crippen LogP contribution in [-0.4, -0.2) is 49.5 Å². The topological polar surface area (TPSA) is 66.5 Å². The zero-order chi connectivity index (χ0) is 15.6. The quantitative estimate of drug-likeness (QED) is 0.804. The fraction of sp³-hybridized carbons (Fsp3) is 0.933. The highest BCUT2D eigenvalue weighted by Gasteiger charge is 2.40. The molecule has 2 fully saturated rings. The smallest absolute Gasteiger partial charge is 0.241 e. The van der Waals surface area contributed by atoms with Crippen molar-refractivity contribution in [1.29, 1.82) is 0 Å². The van der Waals surface area contributed by atoms with E-state index in [-0.39, 0.29) is 35.5 Å². The van der Waals surface area contributed by atoms with Crippen LogP contribution in [0.4, 0.5) is 0 Å². The Hall–Kier alpha value is -0.620. The van der Waals surface area contributed by atoms with Crippen molar-refractivity contribution in [2.45, 2.75) is 58.7 Å². The lowest BCUT2D eigenvalue weighted by atomic mass is 10.1. The molecule has 0 aromatic carbocycles. The Morgan fingerprint density at radius 3 is 2.62 bits per heavy atom. The first-order valence-corrected chi connectivity index (χ1v) is 9.91. The van der Waals surface area contributed by atoms with Gasteiger partial charge in [-0.25, -0.2) is 8.42 Å². The van der Waals surface area contributed by atoms with Crippen molar-refractivity contribution in [2.24, 2.45) is 11.8 Å². The van der Waals surface area contributed by atoms with Crippen LogP contribution in [0.2, 0.25) is 0 Å². The zero-order valence-corrected chi connectivity index (χ0v) is 14.2. The summed E-state index contributed by atoms with van der Waals surface area (Å²) in [6.45, 7) is 6.97. The molecule has 0 radical (unpaired) electrons. The standard InChI is InChI=1S/C15H28N2O3S/c1-4-5-13-15(18)17(14(16-13)8-11(2)3)9-12-6-7-21(19,20)10-12/h11-14,16H,4-10H2,1-3H3. The van der Waals surface area contributed by atoms with Crippen LogP contribution in [0.1, 0.15) is 46.5 Å². The Labute approximate surface area is 128 Å². The van der Waals surface area contributed by atoms with Crippen LogP contribution in [0.5, 0.6) is 0 Å². The number of rotatable bonds is 6. The van der Waals surface area contributed by atoms with Gasteiger partial charge in [0.05, 0.1) is 23.7 Å². The van der Waals surface area contributed by atoms with Crippen LogP contribution in [0, 0.1) is 11.8 Å². The van der Waals surface area contributed by atoms with Crippen LogP contribution in [0.15, 0.2) is 0 Å². The van der Waals surface area contributed by atoms with Gasteiger partial charge < -0.3 is 4.90 Å². The number of carbonyl (C=O) groups excluding carboxylic acids is 1. The lowest BCUT2D eigenvalue weighted by Crippen LogP contribution is -2.41. The third-order valence-electron chi connectivity index (χ3n) is 4.40. The van der Waals surface area contributed by atoms with E-state index in [4.69, 9.17) is 0 Å². The maximum Gasteiger partial charge on any atom is 0.241 e. The molecular formula is C15H28N2O3S. The van der Waals surface area contributed by atoms with E-state index in [9.17, 15) is 13.2 Å². The van der Waals surface area contributed by atoms with Gasteiger partial charge in [0.25, 0.3) is 0 Å². The van der Waals surface area contributed by atoms with E-state index >= 15 is 0 Å². The van der Waals surface area contributed by atoms with E-state index in [0.29, 0.717) is 18.9 Å². The van der Waals surface area contributed by atoms with Gasteiger partial charge in [0.1, 0.15) is 0 Å². The van der Waals surface area contributed by atoms with Gasteiger partial charge in [0, 0.05) is 6.54 Å². The molecule has 122 valence electrons. The third-order valence-corrected chi connectivity index (χ3v) is 6.24. The highest BCUT2D eigenvalue weighted by Crippen LogP contribution is 2.25. The van der Waals surface area contributed by atoms with Crippen LogP contribution in [-0.2, 0) is 14.6 Å². The molecule has 5 nitrogen and oxygen atoms in total. The van der Waals surface area contributed by atoms with Gasteiger partial charge in [0.2, 0.25) is 5.91 Å². The molecule has 3 unspecified atom stereocenters. The fourth-order valence-electron chi connectivity index (χ4n) is 3.40. The number of nitrogens with zero attached hydrogens (tertiary/aromatic N) is 1. The van der Waals surface area contributed by atoms with Crippen molar-refractivity contribution in [3.63, 3.8) is 0 Å². The first-order chi connectivity index (χ1) is 9.82. The van der Waals surface area contributed by atoms with Gasteiger partial charge in [-0.2, -0.15) is 0 Å². The summed E-state index contributed by atoms with van der Waals surface area (Å²) in [4.78, 5) is 14.5. The molecule has 2 saturated heterocycles. The molecule has 2 aliphatic rings. The molecule has 0 spiro atoms. The maximum atomic E-state index is 12.6. The molecule has 0 bridgehead atoms. The molecule has 1 amide bonds. The number of sulfone groups is 1. The van der Waals surface area contributed by atoms with E-state index in [1.807, 2.05) is 4.90 Å². The fourth-order valence-corrected chi connectivity index (χ4v) is 5.25. The summed E-state index contributed by atoms with van der Waals surface area (Å²) in [6.07, 6.45) is 3.51. The van der Waals surface area contributed by atoms with E-state index in [1.54, 1.807) is 0 Å².